The van der Waals surface area contributed by atoms with Crippen LogP contribution >= 0.6 is 11.6 Å². The van der Waals surface area contributed by atoms with Crippen LogP contribution in [0.5, 0.6) is 5.75 Å². The van der Waals surface area contributed by atoms with Crippen molar-refractivity contribution < 1.29 is 14.4 Å². The van der Waals surface area contributed by atoms with Crippen LogP contribution in [0.3, 0.4) is 0 Å². The lowest BCUT2D eigenvalue weighted by Gasteiger charge is -2.34. The third-order valence-corrected chi connectivity index (χ3v) is 5.00. The topological polar surface area (TPSA) is 46.0 Å². The van der Waals surface area contributed by atoms with Crippen molar-refractivity contribution in [3.05, 3.63) is 53.1 Å². The monoisotopic (exact) mass is 374 g/mol. The van der Waals surface area contributed by atoms with Gasteiger partial charge in [-0.05, 0) is 42.8 Å². The Hall–Kier alpha value is -2.24. The molecule has 0 unspecified atom stereocenters. The number of aryl methyl sites for hydroxylation is 1. The number of quaternary nitrogens is 1. The van der Waals surface area contributed by atoms with Gasteiger partial charge in [-0.25, -0.2) is 0 Å². The molecular formula is C20H25ClN3O2+. The Labute approximate surface area is 159 Å². The lowest BCUT2D eigenvalue weighted by Crippen LogP contribution is -3.15. The van der Waals surface area contributed by atoms with Crippen LogP contribution in [0.25, 0.3) is 0 Å². The van der Waals surface area contributed by atoms with E-state index in [0.717, 1.165) is 48.9 Å². The number of hydrogen-bond donors (Lipinski definition) is 2. The fraction of sp³-hybridized carbons (Fsp3) is 0.350. The van der Waals surface area contributed by atoms with Crippen molar-refractivity contribution in [2.75, 3.05) is 50.1 Å². The standard InChI is InChI=1S/C20H24ClN3O2/c1-15-13-16(21)7-8-17(15)22-20(25)14-23-9-11-24(12-10-23)18-5-3-4-6-19(18)26-2/h3-8,13H,9-12,14H2,1-2H3,(H,22,25)/p+1. The number of anilines is 2. The maximum Gasteiger partial charge on any atom is 0.279 e. The number of halogens is 1. The Kier molecular flexibility index (Phi) is 6.01. The summed E-state index contributed by atoms with van der Waals surface area (Å²) >= 11 is 5.96. The summed E-state index contributed by atoms with van der Waals surface area (Å²) in [6.07, 6.45) is 0. The highest BCUT2D eigenvalue weighted by Crippen LogP contribution is 2.27. The number of para-hydroxylation sites is 2. The molecule has 0 aromatic heterocycles. The van der Waals surface area contributed by atoms with Crippen LogP contribution in [-0.2, 0) is 4.79 Å². The molecule has 1 amide bonds. The van der Waals surface area contributed by atoms with Gasteiger partial charge in [-0.15, -0.1) is 0 Å². The number of nitrogens with zero attached hydrogens (tertiary/aromatic N) is 1. The Morgan fingerprint density at radius 1 is 1.23 bits per heavy atom. The van der Waals surface area contributed by atoms with E-state index in [1.54, 1.807) is 13.2 Å². The van der Waals surface area contributed by atoms with E-state index in [1.807, 2.05) is 37.3 Å². The second-order valence-corrected chi connectivity index (χ2v) is 7.03. The molecule has 0 radical (unpaired) electrons. The molecule has 0 saturated carbocycles. The van der Waals surface area contributed by atoms with Crippen molar-refractivity contribution in [1.82, 2.24) is 0 Å². The highest BCUT2D eigenvalue weighted by molar-refractivity contribution is 6.30. The number of ether oxygens (including phenoxy) is 1. The zero-order chi connectivity index (χ0) is 18.5. The summed E-state index contributed by atoms with van der Waals surface area (Å²) in [6.45, 7) is 6.07. The Morgan fingerprint density at radius 2 is 1.96 bits per heavy atom. The van der Waals surface area contributed by atoms with E-state index in [9.17, 15) is 4.79 Å². The molecule has 0 aliphatic carbocycles. The second-order valence-electron chi connectivity index (χ2n) is 6.59. The molecule has 1 fully saturated rings. The third kappa shape index (κ3) is 4.48. The molecule has 1 saturated heterocycles. The molecule has 0 bridgehead atoms. The third-order valence-electron chi connectivity index (χ3n) is 4.77. The summed E-state index contributed by atoms with van der Waals surface area (Å²) in [6, 6.07) is 13.6. The first kappa shape index (κ1) is 18.5. The van der Waals surface area contributed by atoms with E-state index >= 15 is 0 Å². The fourth-order valence-electron chi connectivity index (χ4n) is 3.32. The molecule has 1 heterocycles. The van der Waals surface area contributed by atoms with Crippen LogP contribution in [0, 0.1) is 6.92 Å². The van der Waals surface area contributed by atoms with Crippen molar-refractivity contribution in [2.24, 2.45) is 0 Å². The number of amides is 1. The highest BCUT2D eigenvalue weighted by Gasteiger charge is 2.24. The normalized spacial score (nSPS) is 15.0. The molecule has 0 spiro atoms. The lowest BCUT2D eigenvalue weighted by molar-refractivity contribution is -0.892. The average Bonchev–Trinajstić information content (AvgIpc) is 2.64. The summed E-state index contributed by atoms with van der Waals surface area (Å²) in [5.41, 5.74) is 2.92. The van der Waals surface area contributed by atoms with Crippen molar-refractivity contribution in [2.45, 2.75) is 6.92 Å². The summed E-state index contributed by atoms with van der Waals surface area (Å²) in [4.78, 5) is 16.0. The van der Waals surface area contributed by atoms with Crippen molar-refractivity contribution >= 4 is 28.9 Å². The van der Waals surface area contributed by atoms with Crippen LogP contribution in [0.4, 0.5) is 11.4 Å². The minimum Gasteiger partial charge on any atom is -0.495 e. The van der Waals surface area contributed by atoms with Gasteiger partial charge in [0.2, 0.25) is 0 Å². The number of carbonyl (C=O) groups is 1. The molecule has 138 valence electrons. The van der Waals surface area contributed by atoms with Gasteiger partial charge in [0.25, 0.3) is 5.91 Å². The number of piperazine rings is 1. The number of carbonyl (C=O) groups excluding carboxylic acids is 1. The molecule has 5 nitrogen and oxygen atoms in total. The first-order chi connectivity index (χ1) is 12.6. The number of benzene rings is 2. The van der Waals surface area contributed by atoms with E-state index in [2.05, 4.69) is 16.3 Å². The molecular weight excluding hydrogens is 350 g/mol. The minimum atomic E-state index is 0.0381. The quantitative estimate of drug-likeness (QED) is 0.841. The number of methoxy groups -OCH3 is 1. The summed E-state index contributed by atoms with van der Waals surface area (Å²) in [7, 11) is 1.70. The summed E-state index contributed by atoms with van der Waals surface area (Å²) < 4.78 is 5.45. The Morgan fingerprint density at radius 3 is 2.65 bits per heavy atom. The Balaban J connectivity index is 1.53. The molecule has 1 aliphatic rings. The second kappa shape index (κ2) is 8.43. The summed E-state index contributed by atoms with van der Waals surface area (Å²) in [5, 5.41) is 3.67. The Bertz CT molecular complexity index is 773. The zero-order valence-electron chi connectivity index (χ0n) is 15.2. The largest absolute Gasteiger partial charge is 0.495 e. The van der Waals surface area contributed by atoms with Gasteiger partial charge in [-0.3, -0.25) is 4.79 Å². The van der Waals surface area contributed by atoms with Gasteiger partial charge in [0.1, 0.15) is 5.75 Å². The minimum absolute atomic E-state index is 0.0381. The zero-order valence-corrected chi connectivity index (χ0v) is 16.0. The van der Waals surface area contributed by atoms with Gasteiger partial charge in [0, 0.05) is 10.7 Å². The molecule has 3 rings (SSSR count). The molecule has 2 aromatic carbocycles. The predicted molar refractivity (Wildman–Crippen MR) is 106 cm³/mol. The van der Waals surface area contributed by atoms with E-state index < -0.39 is 0 Å². The first-order valence-electron chi connectivity index (χ1n) is 8.84. The van der Waals surface area contributed by atoms with E-state index in [1.165, 1.54) is 4.90 Å². The van der Waals surface area contributed by atoms with E-state index in [4.69, 9.17) is 16.3 Å². The average molecular weight is 375 g/mol. The van der Waals surface area contributed by atoms with Gasteiger partial charge in [-0.1, -0.05) is 23.7 Å². The van der Waals surface area contributed by atoms with Crippen LogP contribution in [0.2, 0.25) is 5.02 Å². The lowest BCUT2D eigenvalue weighted by atomic mass is 10.2. The van der Waals surface area contributed by atoms with Crippen molar-refractivity contribution in [1.29, 1.82) is 0 Å². The van der Waals surface area contributed by atoms with Crippen LogP contribution in [0.1, 0.15) is 5.56 Å². The first-order valence-corrected chi connectivity index (χ1v) is 9.22. The van der Waals surface area contributed by atoms with Crippen LogP contribution in [-0.4, -0.2) is 45.7 Å². The SMILES string of the molecule is COc1ccccc1N1CC[NH+](CC(=O)Nc2ccc(Cl)cc2C)CC1. The maximum atomic E-state index is 12.4. The van der Waals surface area contributed by atoms with Gasteiger partial charge < -0.3 is 19.9 Å². The van der Waals surface area contributed by atoms with Gasteiger partial charge in [-0.2, -0.15) is 0 Å². The molecule has 2 aromatic rings. The number of nitrogens with one attached hydrogen (secondary N) is 2. The molecule has 26 heavy (non-hydrogen) atoms. The fourth-order valence-corrected chi connectivity index (χ4v) is 3.55. The predicted octanol–water partition coefficient (Wildman–Crippen LogP) is 2.00. The van der Waals surface area contributed by atoms with Gasteiger partial charge >= 0.3 is 0 Å². The highest BCUT2D eigenvalue weighted by atomic mass is 35.5. The molecule has 1 aliphatic heterocycles. The van der Waals surface area contributed by atoms with Gasteiger partial charge in [0.05, 0.1) is 39.0 Å². The van der Waals surface area contributed by atoms with Crippen molar-refractivity contribution in [3.63, 3.8) is 0 Å². The van der Waals surface area contributed by atoms with Gasteiger partial charge in [0.15, 0.2) is 6.54 Å². The van der Waals surface area contributed by atoms with E-state index in [0.29, 0.717) is 11.6 Å². The number of hydrogen-bond acceptors (Lipinski definition) is 3. The van der Waals surface area contributed by atoms with Crippen LogP contribution in [0.15, 0.2) is 42.5 Å². The molecule has 0 atom stereocenters. The van der Waals surface area contributed by atoms with Crippen LogP contribution < -0.4 is 19.9 Å². The smallest absolute Gasteiger partial charge is 0.279 e. The van der Waals surface area contributed by atoms with E-state index in [-0.39, 0.29) is 5.91 Å². The molecule has 6 heteroatoms. The molecule has 2 N–H and O–H groups in total. The maximum absolute atomic E-state index is 12.4. The number of rotatable bonds is 5. The van der Waals surface area contributed by atoms with Crippen molar-refractivity contribution in [3.8, 4) is 5.75 Å². The summed E-state index contributed by atoms with van der Waals surface area (Å²) in [5.74, 6) is 0.933.